The lowest BCUT2D eigenvalue weighted by Crippen LogP contribution is -2.66. The molecule has 0 bridgehead atoms. The van der Waals surface area contributed by atoms with Gasteiger partial charge in [0.15, 0.2) is 159 Å². The van der Waals surface area contributed by atoms with Crippen molar-refractivity contribution in [3.63, 3.8) is 0 Å². The van der Waals surface area contributed by atoms with Crippen LogP contribution in [0.3, 0.4) is 0 Å². The summed E-state index contributed by atoms with van der Waals surface area (Å²) in [6.07, 6.45) is -61.3. The number of esters is 15. The van der Waals surface area contributed by atoms with E-state index < -0.39 is 392 Å². The molecule has 12 heterocycles. The van der Waals surface area contributed by atoms with Gasteiger partial charge in [-0.2, -0.15) is 0 Å². The van der Waals surface area contributed by atoms with Crippen LogP contribution in [-0.4, -0.2) is 399 Å². The van der Waals surface area contributed by atoms with E-state index in [0.717, 1.165) is 109 Å². The summed E-state index contributed by atoms with van der Waals surface area (Å²) < 4.78 is 244. The van der Waals surface area contributed by atoms with Gasteiger partial charge in [0.05, 0.1) is 46.2 Å². The number of rotatable bonds is 40. The van der Waals surface area contributed by atoms with E-state index in [4.69, 9.17) is 185 Å². The number of hydrogen-bond donors (Lipinski definition) is 0. The second-order valence-corrected chi connectivity index (χ2v) is 38.6. The Morgan fingerprint density at radius 1 is 0.208 bits per heavy atom. The van der Waals surface area contributed by atoms with Crippen molar-refractivity contribution < 1.29 is 257 Å². The molecule has 0 spiro atoms. The molecule has 0 amide bonds. The molecule has 0 unspecified atom stereocenters. The molecule has 0 aromatic heterocycles. The molecule has 54 heteroatoms. The van der Waals surface area contributed by atoms with E-state index >= 15 is 0 Å². The lowest BCUT2D eigenvalue weighted by atomic mass is 9.96. The van der Waals surface area contributed by atoms with Crippen LogP contribution in [0.4, 0.5) is 0 Å². The molecule has 0 aliphatic carbocycles. The standard InChI is InChI=1S/C95H130O54/c1-38(96)111-30-54-62(120-40(3)98)70(125-45(8)103)79(130-50(13)108)86(133-54)116-32-57-64(122-42(5)100)72(127-47(10)105)81(141-90-78(129-49(12)107)66(124-44(7)102)58(139-90)34-115-85-77(128-48(11)106)65(123-43(6)101)55(134-85)31-112-39(2)97)88(136-57)117-33-56-63(121-41(4)99)71(126-46(9)104)80(131-51(14)109)87(135-56)118-36-60-68-74(146-93(18,19)143-68)82(132-52(15)110)89(138-60)119-35-59-67-73(145-92(16,17)142-67)76(113-29-53-27-25-24-26-28-53)84(137-59)114-37-61-69-75(147-94(20,21)144-69)83-91(140-61)149-95(22,23)148-83/h24-28,54-91H,29-37H2,1-23H3/t54-,55+,56-,57-,58+,59-,60-,61-,62+,63+,64+,65+,66+,67+,68+,69+,70+,71+,72+,73+,74+,75+,76-,77-,78-,79-,80-,81-,82-,83-,84-,85-,86-,87-,88-,89-,90+,91-/m1/s1. The second-order valence-electron chi connectivity index (χ2n) is 38.6. The highest BCUT2D eigenvalue weighted by molar-refractivity contribution is 5.72. The summed E-state index contributed by atoms with van der Waals surface area (Å²) in [4.78, 5) is 199. The molecule has 12 saturated heterocycles. The Morgan fingerprint density at radius 3 is 0.792 bits per heavy atom. The number of carbonyl (C=O) groups excluding carboxylic acids is 15. The van der Waals surface area contributed by atoms with Crippen molar-refractivity contribution in [2.24, 2.45) is 0 Å². The van der Waals surface area contributed by atoms with Gasteiger partial charge >= 0.3 is 89.5 Å². The molecule has 0 saturated carbocycles. The maximum atomic E-state index is 14.1. The fourth-order valence-electron chi connectivity index (χ4n) is 19.4. The maximum Gasteiger partial charge on any atom is 0.303 e. The predicted octanol–water partition coefficient (Wildman–Crippen LogP) is 0.806. The molecule has 12 aliphatic rings. The SMILES string of the molecule is CC(=O)OC[C@@H]1O[C@@H](OC[C@@H]2O[C@@H](O[C@H]3[C@H](OC[C@H]4O[C@@H](OC[C@H]5O[C@@H](OC[C@H]6O[C@@H](OC[C@H]7O[C@@H]8OC(C)(C)O[C@@H]8[C@H]8OC(C)(C)O[C@H]87)[C@H](OCc7ccccc7)[C@H]7OC(C)(C)O[C@H]76)[C@H](OC(C)=O)[C@H]6OC(C)(C)O[C@H]65)[C@H](OC(C)=O)[C@@H](OC(C)=O)[C@H]4OC(C)=O)O[C@H](CO[C@@H]4O[C@H](COC(C)=O)[C@H](OC(C)=O)[C@H](OC(C)=O)[C@H]4OC(C)=O)[C@H](OC(C)=O)[C@@H]3OC(C)=O)[C@H](OC(C)=O)[C@H]2OC(C)=O)[C@H](OC(C)=O)[C@H]1OC(C)=O. The van der Waals surface area contributed by atoms with Gasteiger partial charge in [0.25, 0.3) is 0 Å². The minimum atomic E-state index is -2.34. The third-order valence-electron chi connectivity index (χ3n) is 24.4. The molecule has 0 radical (unpaired) electrons. The minimum absolute atomic E-state index is 0.0350. The summed E-state index contributed by atoms with van der Waals surface area (Å²) in [7, 11) is 0. The van der Waals surface area contributed by atoms with Gasteiger partial charge in [-0.15, -0.1) is 0 Å². The molecule has 834 valence electrons. The van der Waals surface area contributed by atoms with E-state index in [1.165, 1.54) is 0 Å². The van der Waals surface area contributed by atoms with Crippen LogP contribution in [0, 0.1) is 0 Å². The Kier molecular flexibility index (Phi) is 38.7. The van der Waals surface area contributed by atoms with Crippen LogP contribution in [0.15, 0.2) is 30.3 Å². The van der Waals surface area contributed by atoms with Crippen molar-refractivity contribution in [1.29, 1.82) is 0 Å². The first-order chi connectivity index (χ1) is 70.0. The molecule has 149 heavy (non-hydrogen) atoms. The topological polar surface area (TPSA) is 616 Å². The van der Waals surface area contributed by atoms with Crippen LogP contribution in [0.25, 0.3) is 0 Å². The van der Waals surface area contributed by atoms with Gasteiger partial charge in [-0.05, 0) is 61.0 Å². The number of ether oxygens (including phenoxy) is 39. The highest BCUT2D eigenvalue weighted by Crippen LogP contribution is 2.49. The third kappa shape index (κ3) is 30.3. The smallest absolute Gasteiger partial charge is 0.303 e. The molecule has 12 fully saturated rings. The molecule has 1 aromatic rings. The van der Waals surface area contributed by atoms with E-state index in [2.05, 4.69) is 0 Å². The summed E-state index contributed by atoms with van der Waals surface area (Å²) in [6.45, 7) is 22.1. The van der Waals surface area contributed by atoms with Gasteiger partial charge in [0.2, 0.25) is 0 Å². The zero-order valence-electron chi connectivity index (χ0n) is 86.2. The fourth-order valence-corrected chi connectivity index (χ4v) is 19.4. The van der Waals surface area contributed by atoms with E-state index in [1.54, 1.807) is 55.4 Å². The molecular formula is C95H130O54. The van der Waals surface area contributed by atoms with Crippen molar-refractivity contribution in [2.75, 3.05) is 52.9 Å². The molecule has 0 N–H and O–H groups in total. The molecule has 12 aliphatic heterocycles. The highest BCUT2D eigenvalue weighted by Gasteiger charge is 2.67. The first-order valence-corrected chi connectivity index (χ1v) is 48.2. The van der Waals surface area contributed by atoms with E-state index in [9.17, 15) is 71.9 Å². The summed E-state index contributed by atoms with van der Waals surface area (Å²) >= 11 is 0. The molecule has 13 rings (SSSR count). The van der Waals surface area contributed by atoms with Gasteiger partial charge in [0.1, 0.15) is 111 Å². The molecule has 54 nitrogen and oxygen atoms in total. The van der Waals surface area contributed by atoms with E-state index in [0.29, 0.717) is 0 Å². The highest BCUT2D eigenvalue weighted by atomic mass is 16.9. The van der Waals surface area contributed by atoms with E-state index in [-0.39, 0.29) is 13.2 Å². The number of benzene rings is 1. The van der Waals surface area contributed by atoms with E-state index in [1.807, 2.05) is 30.3 Å². The van der Waals surface area contributed by atoms with Gasteiger partial charge < -0.3 is 185 Å². The van der Waals surface area contributed by atoms with Crippen LogP contribution in [0.2, 0.25) is 0 Å². The summed E-state index contributed by atoms with van der Waals surface area (Å²) in [5.41, 5.74) is 0.780. The van der Waals surface area contributed by atoms with Gasteiger partial charge in [-0.3, -0.25) is 71.9 Å². The van der Waals surface area contributed by atoms with Crippen LogP contribution in [0.5, 0.6) is 0 Å². The zero-order valence-corrected chi connectivity index (χ0v) is 86.2. The van der Waals surface area contributed by atoms with Crippen molar-refractivity contribution in [3.05, 3.63) is 35.9 Å². The maximum absolute atomic E-state index is 14.1. The number of hydrogen-bond acceptors (Lipinski definition) is 54. The molecular weight excluding hydrogens is 2000 g/mol. The fraction of sp³-hybridized carbons (Fsp3) is 0.779. The average molecular weight is 2140 g/mol. The first kappa shape index (κ1) is 116. The average Bonchev–Trinajstić information content (AvgIpc) is 1.59. The molecule has 38 atom stereocenters. The summed E-state index contributed by atoms with van der Waals surface area (Å²) in [5.74, 6) is -20.5. The van der Waals surface area contributed by atoms with Crippen LogP contribution < -0.4 is 0 Å². The van der Waals surface area contributed by atoms with Crippen molar-refractivity contribution >= 4 is 89.5 Å². The Balaban J connectivity index is 0.851. The Morgan fingerprint density at radius 2 is 0.436 bits per heavy atom. The molecule has 1 aromatic carbocycles. The summed E-state index contributed by atoms with van der Waals surface area (Å²) in [6, 6.07) is 9.26. The van der Waals surface area contributed by atoms with Gasteiger partial charge in [0, 0.05) is 104 Å². The summed E-state index contributed by atoms with van der Waals surface area (Å²) in [5, 5.41) is 0. The van der Waals surface area contributed by atoms with Crippen molar-refractivity contribution in [3.8, 4) is 0 Å². The number of fused-ring (bicyclic) bond motifs is 5. The van der Waals surface area contributed by atoms with Gasteiger partial charge in [-0.1, -0.05) is 30.3 Å². The Bertz CT molecular complexity index is 4870. The normalized spacial score (nSPS) is 37.7. The monoisotopic (exact) mass is 2130 g/mol. The largest absolute Gasteiger partial charge is 0.463 e. The Labute approximate surface area is 854 Å². The quantitative estimate of drug-likeness (QED) is 0.0648. The number of carbonyl (C=O) groups is 15. The van der Waals surface area contributed by atoms with Gasteiger partial charge in [-0.25, -0.2) is 0 Å². The van der Waals surface area contributed by atoms with Crippen LogP contribution >= 0.6 is 0 Å². The Hall–Kier alpha value is -9.69. The third-order valence-corrected chi connectivity index (χ3v) is 24.4. The minimum Gasteiger partial charge on any atom is -0.463 e. The van der Waals surface area contributed by atoms with Crippen LogP contribution in [-0.2, 0) is 263 Å². The second kappa shape index (κ2) is 49.6. The van der Waals surface area contributed by atoms with Crippen molar-refractivity contribution in [1.82, 2.24) is 0 Å². The predicted molar refractivity (Wildman–Crippen MR) is 472 cm³/mol. The first-order valence-electron chi connectivity index (χ1n) is 48.2. The lowest BCUT2D eigenvalue weighted by Gasteiger charge is -2.48. The zero-order chi connectivity index (χ0) is 109. The lowest BCUT2D eigenvalue weighted by molar-refractivity contribution is -0.362. The van der Waals surface area contributed by atoms with Crippen molar-refractivity contribution in [2.45, 2.75) is 422 Å². The van der Waals surface area contributed by atoms with Crippen LogP contribution in [0.1, 0.15) is 165 Å².